The summed E-state index contributed by atoms with van der Waals surface area (Å²) in [6.45, 7) is 5.95. The first-order valence-corrected chi connectivity index (χ1v) is 21.2. The van der Waals surface area contributed by atoms with Crippen LogP contribution in [0.2, 0.25) is 0 Å². The highest BCUT2D eigenvalue weighted by molar-refractivity contribution is 5.95. The van der Waals surface area contributed by atoms with Gasteiger partial charge in [-0.05, 0) is 84.7 Å². The second kappa shape index (κ2) is 18.7. The van der Waals surface area contributed by atoms with Crippen LogP contribution in [-0.2, 0) is 22.4 Å². The maximum absolute atomic E-state index is 15.2. The number of aliphatic hydroxyl groups is 1. The number of hydrogen-bond donors (Lipinski definition) is 2. The third-order valence-electron chi connectivity index (χ3n) is 12.4. The highest BCUT2D eigenvalue weighted by Crippen LogP contribution is 2.29. The van der Waals surface area contributed by atoms with Gasteiger partial charge in [-0.1, -0.05) is 55.5 Å². The number of hydrogen-bond acceptors (Lipinski definition) is 8. The van der Waals surface area contributed by atoms with E-state index in [1.54, 1.807) is 40.1 Å². The number of nitrogens with zero attached hydrogens (tertiary/aromatic N) is 5. The molecule has 8 rings (SSSR count). The van der Waals surface area contributed by atoms with Gasteiger partial charge in [0.05, 0.1) is 29.8 Å². The van der Waals surface area contributed by atoms with E-state index in [2.05, 4.69) is 15.1 Å². The Morgan fingerprint density at radius 2 is 1.43 bits per heavy atom. The van der Waals surface area contributed by atoms with E-state index < -0.39 is 35.2 Å². The number of carbonyl (C=O) groups excluding carboxylic acids is 2. The van der Waals surface area contributed by atoms with Crippen LogP contribution >= 0.6 is 0 Å². The standard InChI is InChI=1S/C47H51F3N6O5/c1-2-30-6-5-7-32(24-30)33-27-40(49)44(41(50)28-33)47(60)55-18-14-35(15-19-55)61-34-12-16-53(17-13-34)29-43(57)54-20-22-56(23-21-54)46(59)38-25-31(10-11-39(38)48)26-42-36-8-3-4-9-37(36)45(58)52-51-42/h3-11,24-25,27-28,34-35,46,59H,2,12-23,26,29H2,1H3,(H,52,58). The number of halogens is 3. The molecule has 3 aliphatic rings. The van der Waals surface area contributed by atoms with Crippen molar-refractivity contribution in [2.45, 2.75) is 63.9 Å². The van der Waals surface area contributed by atoms with Gasteiger partial charge in [0, 0.05) is 69.7 Å². The zero-order valence-corrected chi connectivity index (χ0v) is 34.3. The van der Waals surface area contributed by atoms with Crippen molar-refractivity contribution in [3.8, 4) is 11.1 Å². The maximum atomic E-state index is 15.2. The number of aryl methyl sites for hydroxylation is 1. The Labute approximate surface area is 352 Å². The van der Waals surface area contributed by atoms with Crippen molar-refractivity contribution in [1.82, 2.24) is 29.8 Å². The van der Waals surface area contributed by atoms with Crippen molar-refractivity contribution in [3.05, 3.63) is 135 Å². The lowest BCUT2D eigenvalue weighted by atomic mass is 9.99. The highest BCUT2D eigenvalue weighted by Gasteiger charge is 2.32. The van der Waals surface area contributed by atoms with Crippen LogP contribution in [0.25, 0.3) is 21.9 Å². The van der Waals surface area contributed by atoms with Gasteiger partial charge in [-0.15, -0.1) is 0 Å². The highest BCUT2D eigenvalue weighted by atomic mass is 19.1. The molecular weight excluding hydrogens is 786 g/mol. The Bertz CT molecular complexity index is 2420. The van der Waals surface area contributed by atoms with E-state index in [0.29, 0.717) is 99.2 Å². The minimum absolute atomic E-state index is 0.00700. The Balaban J connectivity index is 0.763. The molecule has 61 heavy (non-hydrogen) atoms. The molecule has 3 fully saturated rings. The van der Waals surface area contributed by atoms with Crippen molar-refractivity contribution >= 4 is 22.6 Å². The number of fused-ring (bicyclic) bond motifs is 1. The van der Waals surface area contributed by atoms with Crippen LogP contribution in [0.5, 0.6) is 0 Å². The van der Waals surface area contributed by atoms with Crippen LogP contribution in [0.15, 0.2) is 83.7 Å². The fraction of sp³-hybridized carbons (Fsp3) is 0.404. The molecule has 320 valence electrons. The van der Waals surface area contributed by atoms with Gasteiger partial charge in [-0.3, -0.25) is 24.2 Å². The van der Waals surface area contributed by atoms with Crippen molar-refractivity contribution in [2.24, 2.45) is 0 Å². The monoisotopic (exact) mass is 836 g/mol. The van der Waals surface area contributed by atoms with Gasteiger partial charge in [0.2, 0.25) is 5.91 Å². The number of likely N-dealkylation sites (tertiary alicyclic amines) is 2. The molecule has 11 nitrogen and oxygen atoms in total. The predicted molar refractivity (Wildman–Crippen MR) is 225 cm³/mol. The summed E-state index contributed by atoms with van der Waals surface area (Å²) in [6.07, 6.45) is 2.55. The summed E-state index contributed by atoms with van der Waals surface area (Å²) in [6, 6.07) is 21.8. The normalized spacial score (nSPS) is 17.9. The first kappa shape index (κ1) is 42.3. The number of rotatable bonds is 11. The largest absolute Gasteiger partial charge is 0.375 e. The summed E-state index contributed by atoms with van der Waals surface area (Å²) >= 11 is 0. The molecule has 0 radical (unpaired) electrons. The van der Waals surface area contributed by atoms with E-state index in [9.17, 15) is 19.5 Å². The second-order valence-corrected chi connectivity index (χ2v) is 16.3. The van der Waals surface area contributed by atoms with Gasteiger partial charge in [0.15, 0.2) is 0 Å². The molecule has 5 aromatic rings. The van der Waals surface area contributed by atoms with E-state index in [-0.39, 0.29) is 35.8 Å². The molecule has 0 saturated carbocycles. The van der Waals surface area contributed by atoms with E-state index in [4.69, 9.17) is 4.74 Å². The summed E-state index contributed by atoms with van der Waals surface area (Å²) in [4.78, 5) is 46.0. The SMILES string of the molecule is CCc1cccc(-c2cc(F)c(C(=O)N3CCC(OC4CCN(CC(=O)N5CCN(C(O)c6cc(Cc7n[nH]c(=O)c8ccccc78)ccc6F)CC5)CC4)CC3)c(F)c2)c1. The van der Waals surface area contributed by atoms with E-state index in [1.165, 1.54) is 23.1 Å². The van der Waals surface area contributed by atoms with Gasteiger partial charge in [0.1, 0.15) is 29.2 Å². The number of aromatic nitrogens is 2. The van der Waals surface area contributed by atoms with Crippen LogP contribution in [0, 0.1) is 17.5 Å². The Morgan fingerprint density at radius 1 is 0.754 bits per heavy atom. The summed E-state index contributed by atoms with van der Waals surface area (Å²) in [7, 11) is 0. The van der Waals surface area contributed by atoms with Crippen LogP contribution in [0.1, 0.15) is 71.6 Å². The molecule has 1 unspecified atom stereocenters. The predicted octanol–water partition coefficient (Wildman–Crippen LogP) is 6.08. The number of piperidine rings is 2. The molecule has 0 aliphatic carbocycles. The minimum Gasteiger partial charge on any atom is -0.375 e. The lowest BCUT2D eigenvalue weighted by molar-refractivity contribution is -0.137. The number of nitrogens with one attached hydrogen (secondary N) is 1. The summed E-state index contributed by atoms with van der Waals surface area (Å²) in [5.41, 5.74) is 2.87. The topological polar surface area (TPSA) is 122 Å². The van der Waals surface area contributed by atoms with Crippen LogP contribution in [0.3, 0.4) is 0 Å². The van der Waals surface area contributed by atoms with Crippen molar-refractivity contribution in [2.75, 3.05) is 58.9 Å². The number of carbonyl (C=O) groups is 2. The summed E-state index contributed by atoms with van der Waals surface area (Å²) in [5, 5.41) is 19.3. The lowest BCUT2D eigenvalue weighted by Crippen LogP contribution is -2.52. The molecule has 1 aromatic heterocycles. The first-order chi connectivity index (χ1) is 29.5. The van der Waals surface area contributed by atoms with Crippen LogP contribution < -0.4 is 5.56 Å². The van der Waals surface area contributed by atoms with Crippen molar-refractivity contribution < 1.29 is 32.6 Å². The fourth-order valence-corrected chi connectivity index (χ4v) is 8.85. The minimum atomic E-state index is -1.19. The molecule has 14 heteroatoms. The van der Waals surface area contributed by atoms with Gasteiger partial charge < -0.3 is 19.6 Å². The van der Waals surface area contributed by atoms with Gasteiger partial charge in [-0.2, -0.15) is 5.10 Å². The van der Waals surface area contributed by atoms with Crippen LogP contribution in [-0.4, -0.2) is 118 Å². The number of benzene rings is 4. The van der Waals surface area contributed by atoms with Crippen molar-refractivity contribution in [3.63, 3.8) is 0 Å². The molecular formula is C47H51F3N6O5. The number of amides is 2. The zero-order chi connectivity index (χ0) is 42.6. The Kier molecular flexibility index (Phi) is 13.0. The number of piperazine rings is 1. The zero-order valence-electron chi connectivity index (χ0n) is 34.3. The lowest BCUT2D eigenvalue weighted by Gasteiger charge is -2.39. The quantitative estimate of drug-likeness (QED) is 0.164. The Hall–Kier alpha value is -5.41. The van der Waals surface area contributed by atoms with Gasteiger partial charge in [0.25, 0.3) is 11.5 Å². The van der Waals surface area contributed by atoms with Crippen molar-refractivity contribution in [1.29, 1.82) is 0 Å². The fourth-order valence-electron chi connectivity index (χ4n) is 8.85. The second-order valence-electron chi connectivity index (χ2n) is 16.3. The third kappa shape index (κ3) is 9.57. The average Bonchev–Trinajstić information content (AvgIpc) is 3.28. The average molecular weight is 837 g/mol. The maximum Gasteiger partial charge on any atom is 0.272 e. The number of ether oxygens (including phenoxy) is 1. The third-order valence-corrected chi connectivity index (χ3v) is 12.4. The molecule has 0 spiro atoms. The number of aromatic amines is 1. The molecule has 1 atom stereocenters. The molecule has 4 heterocycles. The molecule has 0 bridgehead atoms. The van der Waals surface area contributed by atoms with Gasteiger partial charge in [-0.25, -0.2) is 18.3 Å². The molecule has 3 saturated heterocycles. The molecule has 2 N–H and O–H groups in total. The molecule has 4 aromatic carbocycles. The molecule has 2 amide bonds. The smallest absolute Gasteiger partial charge is 0.272 e. The molecule has 3 aliphatic heterocycles. The number of H-pyrrole nitrogens is 1. The summed E-state index contributed by atoms with van der Waals surface area (Å²) in [5.74, 6) is -2.90. The first-order valence-electron chi connectivity index (χ1n) is 21.2. The summed E-state index contributed by atoms with van der Waals surface area (Å²) < 4.78 is 52.0. The van der Waals surface area contributed by atoms with E-state index in [0.717, 1.165) is 30.4 Å². The van der Waals surface area contributed by atoms with E-state index in [1.807, 2.05) is 37.3 Å². The van der Waals surface area contributed by atoms with Crippen LogP contribution in [0.4, 0.5) is 13.2 Å². The number of aliphatic hydroxyl groups excluding tert-OH is 1. The Morgan fingerprint density at radius 3 is 2.11 bits per heavy atom. The van der Waals surface area contributed by atoms with Gasteiger partial charge >= 0.3 is 0 Å². The van der Waals surface area contributed by atoms with E-state index >= 15 is 13.2 Å².